The number of aliphatic hydroxyl groups excluding tert-OH is 1. The molecule has 4 aliphatic rings. The summed E-state index contributed by atoms with van der Waals surface area (Å²) in [5.74, 6) is 1.87. The number of allylic oxidation sites excluding steroid dienone is 3. The highest BCUT2D eigenvalue weighted by atomic mass is 16.3. The Balaban J connectivity index is 1.64. The van der Waals surface area contributed by atoms with Gasteiger partial charge in [0.1, 0.15) is 0 Å². The highest BCUT2D eigenvalue weighted by Crippen LogP contribution is 2.70. The van der Waals surface area contributed by atoms with Crippen LogP contribution >= 0.6 is 0 Å². The van der Waals surface area contributed by atoms with Crippen LogP contribution < -0.4 is 10.6 Å². The first-order valence-electron chi connectivity index (χ1n) is 12.7. The summed E-state index contributed by atoms with van der Waals surface area (Å²) in [5, 5.41) is 17.9. The van der Waals surface area contributed by atoms with E-state index in [2.05, 4.69) is 63.6 Å². The third-order valence-electron chi connectivity index (χ3n) is 10.5. The molecule has 0 aromatic rings. The fourth-order valence-corrected chi connectivity index (χ4v) is 8.55. The van der Waals surface area contributed by atoms with Crippen molar-refractivity contribution in [3.05, 3.63) is 35.5 Å². The Morgan fingerprint density at radius 3 is 2.56 bits per heavy atom. The zero-order valence-electron chi connectivity index (χ0n) is 21.2. The molecule has 4 rings (SSSR count). The van der Waals surface area contributed by atoms with Crippen LogP contribution in [0.3, 0.4) is 0 Å². The van der Waals surface area contributed by atoms with Crippen molar-refractivity contribution < 1.29 is 9.90 Å². The van der Waals surface area contributed by atoms with E-state index < -0.39 is 6.10 Å². The van der Waals surface area contributed by atoms with Crippen molar-refractivity contribution in [1.29, 1.82) is 0 Å². The molecule has 4 nitrogen and oxygen atoms in total. The van der Waals surface area contributed by atoms with E-state index in [9.17, 15) is 9.90 Å². The lowest BCUT2D eigenvalue weighted by Gasteiger charge is -2.63. The van der Waals surface area contributed by atoms with Crippen molar-refractivity contribution in [3.63, 3.8) is 0 Å². The molecule has 0 heterocycles. The lowest BCUT2D eigenvalue weighted by molar-refractivity contribution is -0.119. The molecule has 0 radical (unpaired) electrons. The Morgan fingerprint density at radius 1 is 1.19 bits per heavy atom. The molecular weight excluding hydrogens is 396 g/mol. The van der Waals surface area contributed by atoms with Gasteiger partial charge in [0.15, 0.2) is 0 Å². The van der Waals surface area contributed by atoms with Gasteiger partial charge in [-0.15, -0.1) is 0 Å². The van der Waals surface area contributed by atoms with Crippen LogP contribution in [0.15, 0.2) is 35.5 Å². The summed E-state index contributed by atoms with van der Waals surface area (Å²) in [6.07, 6.45) is 14.0. The minimum Gasteiger partial charge on any atom is -0.386 e. The maximum Gasteiger partial charge on any atom is 0.247 e. The molecule has 0 bridgehead atoms. The maximum atomic E-state index is 12.4. The van der Waals surface area contributed by atoms with Crippen LogP contribution in [-0.2, 0) is 4.79 Å². The van der Waals surface area contributed by atoms with E-state index in [0.29, 0.717) is 28.9 Å². The molecule has 32 heavy (non-hydrogen) atoms. The van der Waals surface area contributed by atoms with Crippen LogP contribution in [0.5, 0.6) is 0 Å². The van der Waals surface area contributed by atoms with Gasteiger partial charge < -0.3 is 15.7 Å². The second-order valence-electron chi connectivity index (χ2n) is 11.8. The van der Waals surface area contributed by atoms with E-state index in [4.69, 9.17) is 0 Å². The highest BCUT2D eigenvalue weighted by Gasteiger charge is 2.64. The Bertz CT molecular complexity index is 859. The molecule has 0 saturated heterocycles. The van der Waals surface area contributed by atoms with Crippen LogP contribution in [0, 0.1) is 34.0 Å². The molecule has 9 unspecified atom stereocenters. The number of fused-ring (bicyclic) bond motifs is 5. The Kier molecular flexibility index (Phi) is 6.03. The second kappa shape index (κ2) is 8.13. The molecule has 4 heteroatoms. The molecule has 3 N–H and O–H groups in total. The lowest BCUT2D eigenvalue weighted by Crippen LogP contribution is -2.59. The van der Waals surface area contributed by atoms with Crippen molar-refractivity contribution >= 4 is 5.91 Å². The van der Waals surface area contributed by atoms with Crippen molar-refractivity contribution in [3.8, 4) is 0 Å². The zero-order valence-corrected chi connectivity index (χ0v) is 21.2. The van der Waals surface area contributed by atoms with E-state index in [1.807, 2.05) is 19.9 Å². The molecule has 0 aliphatic heterocycles. The summed E-state index contributed by atoms with van der Waals surface area (Å²) in [5.41, 5.74) is 2.29. The normalized spacial score (nSPS) is 46.6. The SMILES string of the molecule is CC=C(C)C(=O)NC1C=CC2(C)C(=CCC3(C)C2CCC2(C)C(C(C)NC)CCC23)C1O. The van der Waals surface area contributed by atoms with Gasteiger partial charge in [0, 0.05) is 17.0 Å². The largest absolute Gasteiger partial charge is 0.386 e. The first-order chi connectivity index (χ1) is 15.0. The van der Waals surface area contributed by atoms with Gasteiger partial charge in [-0.3, -0.25) is 4.79 Å². The monoisotopic (exact) mass is 440 g/mol. The van der Waals surface area contributed by atoms with Gasteiger partial charge in [-0.25, -0.2) is 0 Å². The smallest absolute Gasteiger partial charge is 0.247 e. The first kappa shape index (κ1) is 23.8. The molecule has 2 fully saturated rings. The number of rotatable bonds is 4. The maximum absolute atomic E-state index is 12.4. The van der Waals surface area contributed by atoms with Crippen molar-refractivity contribution in [2.24, 2.45) is 34.0 Å². The average Bonchev–Trinajstić information content (AvgIpc) is 3.12. The summed E-state index contributed by atoms with van der Waals surface area (Å²) >= 11 is 0. The van der Waals surface area contributed by atoms with Gasteiger partial charge in [0.25, 0.3) is 0 Å². The van der Waals surface area contributed by atoms with Gasteiger partial charge in [-0.1, -0.05) is 45.1 Å². The molecule has 1 amide bonds. The molecule has 0 spiro atoms. The standard InChI is InChI=1S/C28H44N2O2/c1-8-17(2)25(32)30-21-12-15-27(5)20(24(21)31)11-14-28(6)22-10-9-19(18(3)29-7)26(22,4)16-13-23(27)28/h8,11-12,15,18-19,21-24,29,31H,9-10,13-14,16H2,1-7H3,(H,30,32). The quantitative estimate of drug-likeness (QED) is 0.436. The summed E-state index contributed by atoms with van der Waals surface area (Å²) in [6.45, 7) is 13.5. The highest BCUT2D eigenvalue weighted by molar-refractivity contribution is 5.93. The van der Waals surface area contributed by atoms with E-state index in [0.717, 1.165) is 17.9 Å². The average molecular weight is 441 g/mol. The van der Waals surface area contributed by atoms with Gasteiger partial charge >= 0.3 is 0 Å². The Morgan fingerprint density at radius 2 is 1.91 bits per heavy atom. The van der Waals surface area contributed by atoms with E-state index in [1.165, 1.54) is 25.7 Å². The molecule has 9 atom stereocenters. The third-order valence-corrected chi connectivity index (χ3v) is 10.5. The van der Waals surface area contributed by atoms with E-state index >= 15 is 0 Å². The second-order valence-corrected chi connectivity index (χ2v) is 11.8. The molecular formula is C28H44N2O2. The number of carbonyl (C=O) groups is 1. The predicted octanol–water partition coefficient (Wildman–Crippen LogP) is 4.76. The van der Waals surface area contributed by atoms with Crippen LogP contribution in [-0.4, -0.2) is 36.2 Å². The number of nitrogens with one attached hydrogen (secondary N) is 2. The van der Waals surface area contributed by atoms with E-state index in [-0.39, 0.29) is 22.8 Å². The number of hydrogen-bond donors (Lipinski definition) is 3. The van der Waals surface area contributed by atoms with Crippen molar-refractivity contribution in [2.75, 3.05) is 7.05 Å². The first-order valence-corrected chi connectivity index (χ1v) is 12.7. The van der Waals surface area contributed by atoms with Crippen molar-refractivity contribution in [2.45, 2.75) is 91.8 Å². The fraction of sp³-hybridized carbons (Fsp3) is 0.750. The fourth-order valence-electron chi connectivity index (χ4n) is 8.55. The van der Waals surface area contributed by atoms with Crippen LogP contribution in [0.4, 0.5) is 0 Å². The molecule has 178 valence electrons. The predicted molar refractivity (Wildman–Crippen MR) is 131 cm³/mol. The van der Waals surface area contributed by atoms with Gasteiger partial charge in [0.05, 0.1) is 12.1 Å². The molecule has 2 saturated carbocycles. The van der Waals surface area contributed by atoms with Crippen LogP contribution in [0.25, 0.3) is 0 Å². The number of hydrogen-bond acceptors (Lipinski definition) is 3. The molecule has 0 aromatic heterocycles. The number of carbonyl (C=O) groups excluding carboxylic acids is 1. The van der Waals surface area contributed by atoms with Gasteiger partial charge in [-0.05, 0) is 94.1 Å². The zero-order chi connectivity index (χ0) is 23.5. The number of amides is 1. The lowest BCUT2D eigenvalue weighted by atomic mass is 9.42. The minimum atomic E-state index is -0.655. The molecule has 0 aromatic carbocycles. The third kappa shape index (κ3) is 3.27. The van der Waals surface area contributed by atoms with E-state index in [1.54, 1.807) is 0 Å². The molecule has 4 aliphatic carbocycles. The number of aliphatic hydroxyl groups is 1. The minimum absolute atomic E-state index is 0.102. The Labute approximate surface area is 195 Å². The summed E-state index contributed by atoms with van der Waals surface area (Å²) in [4.78, 5) is 12.4. The summed E-state index contributed by atoms with van der Waals surface area (Å²) in [6, 6.07) is 0.194. The van der Waals surface area contributed by atoms with Crippen LogP contribution in [0.2, 0.25) is 0 Å². The Hall–Kier alpha value is -1.39. The van der Waals surface area contributed by atoms with Crippen molar-refractivity contribution in [1.82, 2.24) is 10.6 Å². The topological polar surface area (TPSA) is 61.4 Å². The van der Waals surface area contributed by atoms with Crippen LogP contribution in [0.1, 0.15) is 73.6 Å². The summed E-state index contributed by atoms with van der Waals surface area (Å²) in [7, 11) is 2.10. The van der Waals surface area contributed by atoms with Gasteiger partial charge in [-0.2, -0.15) is 0 Å². The van der Waals surface area contributed by atoms with Gasteiger partial charge in [0.2, 0.25) is 5.91 Å². The summed E-state index contributed by atoms with van der Waals surface area (Å²) < 4.78 is 0.